The van der Waals surface area contributed by atoms with Crippen molar-refractivity contribution in [3.8, 4) is 5.75 Å². The first-order chi connectivity index (χ1) is 15.8. The third kappa shape index (κ3) is 5.47. The van der Waals surface area contributed by atoms with E-state index in [1.54, 1.807) is 56.3 Å². The van der Waals surface area contributed by atoms with Crippen LogP contribution < -0.4 is 15.4 Å². The molecule has 0 aliphatic rings. The average Bonchev–Trinajstić information content (AvgIpc) is 3.12. The molecular weight excluding hydrogens is 487 g/mol. The first-order valence-electron chi connectivity index (χ1n) is 9.78. The molecule has 0 saturated carbocycles. The monoisotopic (exact) mass is 506 g/mol. The van der Waals surface area contributed by atoms with Crippen molar-refractivity contribution in [2.24, 2.45) is 0 Å². The lowest BCUT2D eigenvalue weighted by Gasteiger charge is -2.08. The minimum atomic E-state index is -0.646. The molecule has 0 atom stereocenters. The van der Waals surface area contributed by atoms with E-state index >= 15 is 0 Å². The average molecular weight is 507 g/mol. The van der Waals surface area contributed by atoms with Crippen molar-refractivity contribution in [2.45, 2.75) is 13.8 Å². The Hall–Kier alpha value is -3.07. The maximum atomic E-state index is 13.0. The summed E-state index contributed by atoms with van der Waals surface area (Å²) < 4.78 is 10.3. The van der Waals surface area contributed by atoms with Gasteiger partial charge < -0.3 is 20.1 Å². The van der Waals surface area contributed by atoms with Crippen molar-refractivity contribution >= 4 is 63.0 Å². The van der Waals surface area contributed by atoms with Gasteiger partial charge in [-0.05, 0) is 49.7 Å². The minimum Gasteiger partial charge on any atom is -0.497 e. The number of benzene rings is 2. The van der Waals surface area contributed by atoms with E-state index in [-0.39, 0.29) is 32.1 Å². The number of carbonyl (C=O) groups excluding carboxylic acids is 3. The molecule has 1 heterocycles. The first kappa shape index (κ1) is 24.6. The van der Waals surface area contributed by atoms with Gasteiger partial charge in [-0.2, -0.15) is 0 Å². The lowest BCUT2D eigenvalue weighted by Crippen LogP contribution is -2.15. The van der Waals surface area contributed by atoms with Gasteiger partial charge in [0.05, 0.1) is 39.9 Å². The number of ether oxygens (including phenoxy) is 2. The molecule has 0 aliphatic heterocycles. The molecule has 0 unspecified atom stereocenters. The molecule has 33 heavy (non-hydrogen) atoms. The van der Waals surface area contributed by atoms with Gasteiger partial charge in [0, 0.05) is 5.56 Å². The van der Waals surface area contributed by atoms with Crippen LogP contribution in [0.2, 0.25) is 10.0 Å². The Labute approximate surface area is 204 Å². The number of hydrogen-bond donors (Lipinski definition) is 2. The largest absolute Gasteiger partial charge is 0.497 e. The smallest absolute Gasteiger partial charge is 0.341 e. The fourth-order valence-electron chi connectivity index (χ4n) is 2.99. The minimum absolute atomic E-state index is 0.112. The van der Waals surface area contributed by atoms with E-state index in [1.165, 1.54) is 7.11 Å². The second-order valence-corrected chi connectivity index (χ2v) is 8.53. The Kier molecular flexibility index (Phi) is 7.97. The predicted octanol–water partition coefficient (Wildman–Crippen LogP) is 6.05. The van der Waals surface area contributed by atoms with Crippen LogP contribution in [0.15, 0.2) is 42.5 Å². The summed E-state index contributed by atoms with van der Waals surface area (Å²) in [6.45, 7) is 3.42. The van der Waals surface area contributed by atoms with E-state index in [9.17, 15) is 14.4 Å². The SMILES string of the molecule is CCOC(=O)c1c(NC(=O)c2cccc(OC)c2)sc(C(=O)Nc2cccc(Cl)c2Cl)c1C. The molecule has 2 amide bonds. The number of anilines is 2. The zero-order chi connectivity index (χ0) is 24.1. The Morgan fingerprint density at radius 2 is 1.76 bits per heavy atom. The number of nitrogens with one attached hydrogen (secondary N) is 2. The fourth-order valence-corrected chi connectivity index (χ4v) is 4.42. The van der Waals surface area contributed by atoms with Crippen molar-refractivity contribution in [1.29, 1.82) is 0 Å². The number of carbonyl (C=O) groups is 3. The van der Waals surface area contributed by atoms with E-state index in [1.807, 2.05) is 0 Å². The highest BCUT2D eigenvalue weighted by atomic mass is 35.5. The van der Waals surface area contributed by atoms with Gasteiger partial charge >= 0.3 is 5.97 Å². The molecule has 10 heteroatoms. The Balaban J connectivity index is 1.96. The molecule has 0 radical (unpaired) electrons. The maximum Gasteiger partial charge on any atom is 0.341 e. The molecule has 3 rings (SSSR count). The van der Waals surface area contributed by atoms with Gasteiger partial charge in [-0.1, -0.05) is 35.3 Å². The van der Waals surface area contributed by atoms with E-state index < -0.39 is 17.8 Å². The molecule has 0 bridgehead atoms. The number of rotatable bonds is 7. The molecule has 0 saturated heterocycles. The number of amides is 2. The third-order valence-corrected chi connectivity index (χ3v) is 6.62. The summed E-state index contributed by atoms with van der Waals surface area (Å²) in [7, 11) is 1.50. The van der Waals surface area contributed by atoms with Gasteiger partial charge in [0.2, 0.25) is 0 Å². The van der Waals surface area contributed by atoms with Crippen LogP contribution in [0.25, 0.3) is 0 Å². The molecule has 1 aromatic heterocycles. The molecule has 0 fully saturated rings. The van der Waals surface area contributed by atoms with Crippen LogP contribution in [0.4, 0.5) is 10.7 Å². The van der Waals surface area contributed by atoms with Crippen molar-refractivity contribution in [3.63, 3.8) is 0 Å². The number of thiophene rings is 1. The zero-order valence-electron chi connectivity index (χ0n) is 18.0. The topological polar surface area (TPSA) is 93.7 Å². The second-order valence-electron chi connectivity index (χ2n) is 6.72. The van der Waals surface area contributed by atoms with E-state index in [4.69, 9.17) is 32.7 Å². The molecular formula is C23H20Cl2N2O5S. The molecule has 7 nitrogen and oxygen atoms in total. The van der Waals surface area contributed by atoms with Gasteiger partial charge in [-0.25, -0.2) is 4.79 Å². The van der Waals surface area contributed by atoms with Crippen molar-refractivity contribution in [2.75, 3.05) is 24.4 Å². The van der Waals surface area contributed by atoms with Crippen LogP contribution in [0.1, 0.15) is 42.9 Å². The van der Waals surface area contributed by atoms with Crippen molar-refractivity contribution < 1.29 is 23.9 Å². The summed E-state index contributed by atoms with van der Waals surface area (Å²) in [6.07, 6.45) is 0. The number of hydrogen-bond acceptors (Lipinski definition) is 6. The Morgan fingerprint density at radius 1 is 1.03 bits per heavy atom. The number of esters is 1. The standard InChI is InChI=1S/C23H20Cl2N2O5S/c1-4-32-23(30)17-12(2)19(21(29)26-16-10-6-9-15(24)18(16)25)33-22(17)27-20(28)13-7-5-8-14(11-13)31-3/h5-11H,4H2,1-3H3,(H,26,29)(H,27,28). The zero-order valence-corrected chi connectivity index (χ0v) is 20.3. The van der Waals surface area contributed by atoms with E-state index in [0.29, 0.717) is 22.6 Å². The first-order valence-corrected chi connectivity index (χ1v) is 11.3. The summed E-state index contributed by atoms with van der Waals surface area (Å²) in [6, 6.07) is 11.4. The lowest BCUT2D eigenvalue weighted by atomic mass is 10.1. The van der Waals surface area contributed by atoms with Crippen molar-refractivity contribution in [3.05, 3.63) is 74.1 Å². The Bertz CT molecular complexity index is 1230. The highest BCUT2D eigenvalue weighted by Gasteiger charge is 2.27. The molecule has 3 aromatic rings. The third-order valence-electron chi connectivity index (χ3n) is 4.59. The van der Waals surface area contributed by atoms with Gasteiger partial charge in [0.25, 0.3) is 11.8 Å². The number of halogens is 2. The summed E-state index contributed by atoms with van der Waals surface area (Å²) in [4.78, 5) is 38.7. The van der Waals surface area contributed by atoms with Crippen molar-refractivity contribution in [1.82, 2.24) is 0 Å². The normalized spacial score (nSPS) is 10.5. The molecule has 2 aromatic carbocycles. The van der Waals surface area contributed by atoms with Gasteiger partial charge in [-0.3, -0.25) is 9.59 Å². The fraction of sp³-hybridized carbons (Fsp3) is 0.174. The van der Waals surface area contributed by atoms with Crippen LogP contribution in [-0.2, 0) is 4.74 Å². The van der Waals surface area contributed by atoms with Crippen LogP contribution in [-0.4, -0.2) is 31.5 Å². The van der Waals surface area contributed by atoms with Crippen LogP contribution in [0, 0.1) is 6.92 Å². The molecule has 2 N–H and O–H groups in total. The van der Waals surface area contributed by atoms with Gasteiger partial charge in [-0.15, -0.1) is 11.3 Å². The van der Waals surface area contributed by atoms with E-state index in [2.05, 4.69) is 10.6 Å². The predicted molar refractivity (Wildman–Crippen MR) is 130 cm³/mol. The summed E-state index contributed by atoms with van der Waals surface area (Å²) in [5.41, 5.74) is 1.13. The highest BCUT2D eigenvalue weighted by molar-refractivity contribution is 7.19. The molecule has 172 valence electrons. The molecule has 0 aliphatic carbocycles. The van der Waals surface area contributed by atoms with Gasteiger partial charge in [0.1, 0.15) is 10.8 Å². The van der Waals surface area contributed by atoms with E-state index in [0.717, 1.165) is 11.3 Å². The summed E-state index contributed by atoms with van der Waals surface area (Å²) in [5, 5.41) is 6.08. The number of methoxy groups -OCH3 is 1. The second kappa shape index (κ2) is 10.7. The summed E-state index contributed by atoms with van der Waals surface area (Å²) in [5.74, 6) is -1.11. The van der Waals surface area contributed by atoms with Crippen LogP contribution in [0.5, 0.6) is 5.75 Å². The quantitative estimate of drug-likeness (QED) is 0.380. The Morgan fingerprint density at radius 3 is 2.45 bits per heavy atom. The lowest BCUT2D eigenvalue weighted by molar-refractivity contribution is 0.0527. The van der Waals surface area contributed by atoms with Gasteiger partial charge in [0.15, 0.2) is 0 Å². The molecule has 0 spiro atoms. The van der Waals surface area contributed by atoms with Crippen LogP contribution in [0.3, 0.4) is 0 Å². The maximum absolute atomic E-state index is 13.0. The summed E-state index contributed by atoms with van der Waals surface area (Å²) >= 11 is 13.1. The highest BCUT2D eigenvalue weighted by Crippen LogP contribution is 2.36. The van der Waals surface area contributed by atoms with Crippen LogP contribution >= 0.6 is 34.5 Å².